The van der Waals surface area contributed by atoms with Crippen LogP contribution in [0.3, 0.4) is 0 Å². The molecule has 1 aromatic carbocycles. The van der Waals surface area contributed by atoms with Gasteiger partial charge in [-0.25, -0.2) is 14.6 Å². The highest BCUT2D eigenvalue weighted by molar-refractivity contribution is 7.18. The number of aromatic nitrogens is 4. The number of methoxy groups -OCH3 is 1. The number of rotatable bonds is 7. The first kappa shape index (κ1) is 21.8. The van der Waals surface area contributed by atoms with Crippen molar-refractivity contribution in [2.45, 2.75) is 26.9 Å². The number of morpholine rings is 1. The van der Waals surface area contributed by atoms with Crippen LogP contribution < -0.4 is 10.1 Å². The van der Waals surface area contributed by atoms with E-state index in [4.69, 9.17) is 24.5 Å². The van der Waals surface area contributed by atoms with E-state index in [1.165, 1.54) is 10.4 Å². The molecule has 172 valence electrons. The number of ether oxygens (including phenoxy) is 2. The molecule has 0 atom stereocenters. The first-order valence-corrected chi connectivity index (χ1v) is 11.9. The SMILES string of the molecule is COc1ccc(-n2ccc(CNc3nc(CN4CCOCC4)nc4sc(C)c(C)c34)n2)cc1. The third-order valence-electron chi connectivity index (χ3n) is 5.96. The van der Waals surface area contributed by atoms with E-state index in [0.717, 1.165) is 71.8 Å². The van der Waals surface area contributed by atoms with Crippen molar-refractivity contribution in [2.24, 2.45) is 0 Å². The highest BCUT2D eigenvalue weighted by atomic mass is 32.1. The summed E-state index contributed by atoms with van der Waals surface area (Å²) in [7, 11) is 1.67. The maximum atomic E-state index is 5.48. The van der Waals surface area contributed by atoms with Gasteiger partial charge in [0.05, 0.1) is 50.2 Å². The Bertz CT molecular complexity index is 1240. The molecule has 4 aromatic rings. The van der Waals surface area contributed by atoms with Gasteiger partial charge in [-0.1, -0.05) is 0 Å². The first-order chi connectivity index (χ1) is 16.1. The highest BCUT2D eigenvalue weighted by Crippen LogP contribution is 2.33. The zero-order valence-corrected chi connectivity index (χ0v) is 20.0. The molecule has 9 heteroatoms. The number of fused-ring (bicyclic) bond motifs is 1. The number of hydrogen-bond acceptors (Lipinski definition) is 8. The van der Waals surface area contributed by atoms with Gasteiger partial charge in [-0.15, -0.1) is 11.3 Å². The molecule has 1 saturated heterocycles. The Morgan fingerprint density at radius 1 is 1.09 bits per heavy atom. The van der Waals surface area contributed by atoms with Crippen molar-refractivity contribution < 1.29 is 9.47 Å². The monoisotopic (exact) mass is 464 g/mol. The number of anilines is 1. The van der Waals surface area contributed by atoms with Crippen molar-refractivity contribution in [3.05, 3.63) is 58.5 Å². The quantitative estimate of drug-likeness (QED) is 0.444. The lowest BCUT2D eigenvalue weighted by Gasteiger charge is -2.25. The number of nitrogens with zero attached hydrogens (tertiary/aromatic N) is 5. The van der Waals surface area contributed by atoms with Gasteiger partial charge in [-0.2, -0.15) is 5.10 Å². The summed E-state index contributed by atoms with van der Waals surface area (Å²) < 4.78 is 12.6. The van der Waals surface area contributed by atoms with Crippen LogP contribution in [-0.2, 0) is 17.8 Å². The number of thiophene rings is 1. The highest BCUT2D eigenvalue weighted by Gasteiger charge is 2.18. The molecule has 1 aliphatic heterocycles. The molecule has 0 saturated carbocycles. The van der Waals surface area contributed by atoms with E-state index in [0.29, 0.717) is 6.54 Å². The van der Waals surface area contributed by atoms with E-state index < -0.39 is 0 Å². The molecule has 0 radical (unpaired) electrons. The van der Waals surface area contributed by atoms with Crippen molar-refractivity contribution in [1.29, 1.82) is 0 Å². The number of aryl methyl sites for hydroxylation is 2. The van der Waals surface area contributed by atoms with Crippen molar-refractivity contribution in [2.75, 3.05) is 38.7 Å². The Morgan fingerprint density at radius 3 is 2.64 bits per heavy atom. The predicted octanol–water partition coefficient (Wildman–Crippen LogP) is 3.95. The minimum Gasteiger partial charge on any atom is -0.497 e. The molecular weight excluding hydrogens is 436 g/mol. The van der Waals surface area contributed by atoms with E-state index in [9.17, 15) is 0 Å². The number of benzene rings is 1. The van der Waals surface area contributed by atoms with Crippen LogP contribution >= 0.6 is 11.3 Å². The molecule has 4 heterocycles. The smallest absolute Gasteiger partial charge is 0.146 e. The van der Waals surface area contributed by atoms with Gasteiger partial charge >= 0.3 is 0 Å². The summed E-state index contributed by atoms with van der Waals surface area (Å²) in [5, 5.41) is 9.37. The second-order valence-electron chi connectivity index (χ2n) is 8.14. The second-order valence-corrected chi connectivity index (χ2v) is 9.35. The lowest BCUT2D eigenvalue weighted by Crippen LogP contribution is -2.36. The molecule has 5 rings (SSSR count). The standard InChI is InChI=1S/C24H28N6O2S/c1-16-17(2)33-24-22(16)23(26-21(27-24)15-29-10-12-32-13-11-29)25-14-18-8-9-30(28-18)19-4-6-20(31-3)7-5-19/h4-9H,10-15H2,1-3H3,(H,25,26,27). The Hall–Kier alpha value is -3.01. The summed E-state index contributed by atoms with van der Waals surface area (Å²) in [5.74, 6) is 2.55. The minimum absolute atomic E-state index is 0.584. The fourth-order valence-electron chi connectivity index (χ4n) is 3.96. The Kier molecular flexibility index (Phi) is 6.26. The minimum atomic E-state index is 0.584. The molecule has 1 N–H and O–H groups in total. The molecule has 1 fully saturated rings. The van der Waals surface area contributed by atoms with Crippen LogP contribution in [0.1, 0.15) is 22.0 Å². The maximum Gasteiger partial charge on any atom is 0.146 e. The normalized spacial score (nSPS) is 14.6. The van der Waals surface area contributed by atoms with Crippen LogP contribution in [0.25, 0.3) is 15.9 Å². The summed E-state index contributed by atoms with van der Waals surface area (Å²) in [4.78, 5) is 14.5. The Balaban J connectivity index is 1.37. The number of hydrogen-bond donors (Lipinski definition) is 1. The van der Waals surface area contributed by atoms with E-state index in [1.54, 1.807) is 18.4 Å². The maximum absolute atomic E-state index is 5.48. The summed E-state index contributed by atoms with van der Waals surface area (Å²) >= 11 is 1.73. The molecule has 0 amide bonds. The van der Waals surface area contributed by atoms with E-state index in [2.05, 4.69) is 24.1 Å². The summed E-state index contributed by atoms with van der Waals surface area (Å²) in [6, 6.07) is 9.88. The molecule has 0 spiro atoms. The fourth-order valence-corrected chi connectivity index (χ4v) is 5.01. The molecule has 0 bridgehead atoms. The van der Waals surface area contributed by atoms with Crippen LogP contribution in [0.15, 0.2) is 36.5 Å². The summed E-state index contributed by atoms with van der Waals surface area (Å²) in [5.41, 5.74) is 3.17. The third kappa shape index (κ3) is 4.71. The lowest BCUT2D eigenvalue weighted by molar-refractivity contribution is 0.0331. The van der Waals surface area contributed by atoms with E-state index in [-0.39, 0.29) is 0 Å². The first-order valence-electron chi connectivity index (χ1n) is 11.1. The second kappa shape index (κ2) is 9.46. The van der Waals surface area contributed by atoms with Gasteiger partial charge in [0.2, 0.25) is 0 Å². The molecule has 3 aromatic heterocycles. The van der Waals surface area contributed by atoms with Crippen LogP contribution in [0.2, 0.25) is 0 Å². The zero-order chi connectivity index (χ0) is 22.8. The largest absolute Gasteiger partial charge is 0.497 e. The van der Waals surface area contributed by atoms with Crippen molar-refractivity contribution in [3.63, 3.8) is 0 Å². The average molecular weight is 465 g/mol. The average Bonchev–Trinajstić information content (AvgIpc) is 3.42. The van der Waals surface area contributed by atoms with Gasteiger partial charge in [0.15, 0.2) is 0 Å². The van der Waals surface area contributed by atoms with Gasteiger partial charge in [-0.05, 0) is 49.7 Å². The number of nitrogens with one attached hydrogen (secondary N) is 1. The molecule has 8 nitrogen and oxygen atoms in total. The zero-order valence-electron chi connectivity index (χ0n) is 19.2. The molecule has 1 aliphatic rings. The lowest BCUT2D eigenvalue weighted by atomic mass is 10.2. The molecule has 33 heavy (non-hydrogen) atoms. The van der Waals surface area contributed by atoms with Gasteiger partial charge in [-0.3, -0.25) is 4.90 Å². The third-order valence-corrected chi connectivity index (χ3v) is 7.06. The van der Waals surface area contributed by atoms with Crippen LogP contribution in [0.4, 0.5) is 5.82 Å². The van der Waals surface area contributed by atoms with E-state index in [1.807, 2.05) is 41.2 Å². The van der Waals surface area contributed by atoms with Crippen LogP contribution in [-0.4, -0.2) is 58.1 Å². The van der Waals surface area contributed by atoms with E-state index >= 15 is 0 Å². The van der Waals surface area contributed by atoms with Gasteiger partial charge in [0.25, 0.3) is 0 Å². The summed E-state index contributed by atoms with van der Waals surface area (Å²) in [6.07, 6.45) is 1.97. The van der Waals surface area contributed by atoms with Gasteiger partial charge in [0, 0.05) is 24.2 Å². The van der Waals surface area contributed by atoms with Crippen molar-refractivity contribution in [1.82, 2.24) is 24.6 Å². The Morgan fingerprint density at radius 2 is 1.88 bits per heavy atom. The molecule has 0 aliphatic carbocycles. The van der Waals surface area contributed by atoms with Crippen LogP contribution in [0, 0.1) is 13.8 Å². The Labute approximate surface area is 197 Å². The van der Waals surface area contributed by atoms with Crippen molar-refractivity contribution in [3.8, 4) is 11.4 Å². The fraction of sp³-hybridized carbons (Fsp3) is 0.375. The van der Waals surface area contributed by atoms with Gasteiger partial charge in [0.1, 0.15) is 22.2 Å². The van der Waals surface area contributed by atoms with Crippen LogP contribution in [0.5, 0.6) is 5.75 Å². The van der Waals surface area contributed by atoms with Crippen molar-refractivity contribution >= 4 is 27.4 Å². The topological polar surface area (TPSA) is 77.3 Å². The van der Waals surface area contributed by atoms with Gasteiger partial charge < -0.3 is 14.8 Å². The summed E-state index contributed by atoms with van der Waals surface area (Å²) in [6.45, 7) is 8.96. The molecule has 0 unspecified atom stereocenters. The molecular formula is C24H28N6O2S. The predicted molar refractivity (Wildman–Crippen MR) is 130 cm³/mol.